The van der Waals surface area contributed by atoms with E-state index in [-0.39, 0.29) is 12.5 Å². The number of benzene rings is 1. The maximum atomic E-state index is 11.9. The van der Waals surface area contributed by atoms with Crippen molar-refractivity contribution >= 4 is 22.4 Å². The van der Waals surface area contributed by atoms with Crippen LogP contribution in [0.5, 0.6) is 5.75 Å². The number of nitrogens with zero attached hydrogens (tertiary/aromatic N) is 5. The number of amides is 1. The number of thiazole rings is 1. The van der Waals surface area contributed by atoms with E-state index in [0.717, 1.165) is 17.7 Å². The van der Waals surface area contributed by atoms with Crippen LogP contribution < -0.4 is 10.1 Å². The summed E-state index contributed by atoms with van der Waals surface area (Å²) in [5.41, 5.74) is 0.811. The van der Waals surface area contributed by atoms with Gasteiger partial charge in [0.05, 0.1) is 6.61 Å². The molecule has 3 rings (SSSR count). The van der Waals surface area contributed by atoms with Gasteiger partial charge < -0.3 is 10.1 Å². The molecule has 0 fully saturated rings. The average molecular weight is 344 g/mol. The highest BCUT2D eigenvalue weighted by Crippen LogP contribution is 2.18. The molecule has 0 spiro atoms. The first-order valence-electron chi connectivity index (χ1n) is 7.45. The highest BCUT2D eigenvalue weighted by molar-refractivity contribution is 7.13. The molecule has 0 radical (unpaired) electrons. The molecule has 3 aromatic rings. The van der Waals surface area contributed by atoms with E-state index in [9.17, 15) is 4.79 Å². The minimum Gasteiger partial charge on any atom is -0.494 e. The van der Waals surface area contributed by atoms with Gasteiger partial charge in [0.1, 0.15) is 12.3 Å². The van der Waals surface area contributed by atoms with Gasteiger partial charge in [0.25, 0.3) is 0 Å². The van der Waals surface area contributed by atoms with Crippen molar-refractivity contribution < 1.29 is 9.53 Å². The van der Waals surface area contributed by atoms with Crippen LogP contribution in [0.3, 0.4) is 0 Å². The van der Waals surface area contributed by atoms with Gasteiger partial charge in [-0.25, -0.2) is 4.98 Å². The first-order valence-corrected chi connectivity index (χ1v) is 8.33. The molecule has 0 saturated heterocycles. The second-order valence-corrected chi connectivity index (χ2v) is 5.80. The van der Waals surface area contributed by atoms with Crippen molar-refractivity contribution in [2.75, 3.05) is 11.9 Å². The molecule has 1 amide bonds. The Morgan fingerprint density at radius 3 is 2.88 bits per heavy atom. The quantitative estimate of drug-likeness (QED) is 0.706. The molecule has 1 aromatic carbocycles. The van der Waals surface area contributed by atoms with Crippen molar-refractivity contribution in [1.82, 2.24) is 25.2 Å². The lowest BCUT2D eigenvalue weighted by Crippen LogP contribution is -2.20. The minimum absolute atomic E-state index is 0.0235. The molecule has 0 aliphatic carbocycles. The summed E-state index contributed by atoms with van der Waals surface area (Å²) in [6.45, 7) is 2.72. The van der Waals surface area contributed by atoms with E-state index in [1.807, 2.05) is 24.3 Å². The fraction of sp³-hybridized carbons (Fsp3) is 0.267. The van der Waals surface area contributed by atoms with Crippen molar-refractivity contribution in [3.05, 3.63) is 35.8 Å². The van der Waals surface area contributed by atoms with Gasteiger partial charge in [-0.2, -0.15) is 4.80 Å². The topological polar surface area (TPSA) is 94.8 Å². The Labute approximate surface area is 142 Å². The van der Waals surface area contributed by atoms with E-state index < -0.39 is 0 Å². The number of hydrogen-bond acceptors (Lipinski definition) is 7. The Bertz CT molecular complexity index is 785. The van der Waals surface area contributed by atoms with E-state index in [4.69, 9.17) is 4.74 Å². The fourth-order valence-corrected chi connectivity index (χ4v) is 2.46. The Hall–Kier alpha value is -2.81. The van der Waals surface area contributed by atoms with E-state index in [2.05, 4.69) is 32.6 Å². The molecule has 124 valence electrons. The van der Waals surface area contributed by atoms with E-state index in [0.29, 0.717) is 17.6 Å². The Kier molecular flexibility index (Phi) is 5.12. The van der Waals surface area contributed by atoms with Crippen LogP contribution in [0, 0.1) is 0 Å². The number of nitrogens with one attached hydrogen (secondary N) is 1. The molecule has 0 atom stereocenters. The summed E-state index contributed by atoms with van der Waals surface area (Å²) in [5.74, 6) is 1.01. The van der Waals surface area contributed by atoms with Crippen molar-refractivity contribution in [2.24, 2.45) is 0 Å². The van der Waals surface area contributed by atoms with Gasteiger partial charge >= 0.3 is 0 Å². The van der Waals surface area contributed by atoms with E-state index in [1.165, 1.54) is 16.1 Å². The number of hydrogen-bond donors (Lipinski definition) is 1. The van der Waals surface area contributed by atoms with Gasteiger partial charge in [-0.3, -0.25) is 4.79 Å². The zero-order chi connectivity index (χ0) is 16.8. The molecule has 0 aliphatic heterocycles. The molecule has 8 nitrogen and oxygen atoms in total. The molecule has 0 saturated carbocycles. The van der Waals surface area contributed by atoms with Gasteiger partial charge in [-0.05, 0) is 35.9 Å². The maximum Gasteiger partial charge on any atom is 0.249 e. The Balaban J connectivity index is 1.61. The monoisotopic (exact) mass is 344 g/mol. The molecule has 0 bridgehead atoms. The summed E-state index contributed by atoms with van der Waals surface area (Å²) in [6.07, 6.45) is 2.58. The zero-order valence-corrected chi connectivity index (χ0v) is 13.9. The first kappa shape index (κ1) is 16.1. The number of anilines is 1. The summed E-state index contributed by atoms with van der Waals surface area (Å²) in [5, 5.41) is 17.1. The van der Waals surface area contributed by atoms with Crippen LogP contribution in [0.2, 0.25) is 0 Å². The molecule has 2 aromatic heterocycles. The molecular weight excluding hydrogens is 328 g/mol. The third-order valence-electron chi connectivity index (χ3n) is 3.00. The SMILES string of the molecule is CCCOc1ccc(-c2nnn(CC(=O)Nc3nccs3)n2)cc1. The third kappa shape index (κ3) is 4.13. The maximum absolute atomic E-state index is 11.9. The van der Waals surface area contributed by atoms with E-state index in [1.54, 1.807) is 11.6 Å². The van der Waals surface area contributed by atoms with Gasteiger partial charge in [-0.1, -0.05) is 6.92 Å². The third-order valence-corrected chi connectivity index (χ3v) is 3.69. The van der Waals surface area contributed by atoms with Gasteiger partial charge in [0, 0.05) is 17.1 Å². The molecule has 2 heterocycles. The fourth-order valence-electron chi connectivity index (χ4n) is 1.92. The summed E-state index contributed by atoms with van der Waals surface area (Å²) in [6, 6.07) is 7.45. The molecular formula is C15H16N6O2S. The summed E-state index contributed by atoms with van der Waals surface area (Å²) >= 11 is 1.35. The smallest absolute Gasteiger partial charge is 0.249 e. The highest BCUT2D eigenvalue weighted by Gasteiger charge is 2.10. The van der Waals surface area contributed by atoms with Crippen molar-refractivity contribution in [2.45, 2.75) is 19.9 Å². The standard InChI is InChI=1S/C15H16N6O2S/c1-2-8-23-12-5-3-11(4-6-12)14-18-20-21(19-14)10-13(22)17-15-16-7-9-24-15/h3-7,9H,2,8,10H2,1H3,(H,16,17,22). The van der Waals surface area contributed by atoms with Crippen LogP contribution >= 0.6 is 11.3 Å². The Morgan fingerprint density at radius 2 is 2.17 bits per heavy atom. The van der Waals surface area contributed by atoms with Crippen LogP contribution in [0.25, 0.3) is 11.4 Å². The number of carbonyl (C=O) groups is 1. The van der Waals surface area contributed by atoms with Crippen molar-refractivity contribution in [3.63, 3.8) is 0 Å². The lowest BCUT2D eigenvalue weighted by atomic mass is 10.2. The van der Waals surface area contributed by atoms with Crippen molar-refractivity contribution in [3.8, 4) is 17.1 Å². The van der Waals surface area contributed by atoms with Crippen molar-refractivity contribution in [1.29, 1.82) is 0 Å². The predicted molar refractivity (Wildman–Crippen MR) is 89.8 cm³/mol. The largest absolute Gasteiger partial charge is 0.494 e. The normalized spacial score (nSPS) is 10.5. The van der Waals surface area contributed by atoms with Crippen LogP contribution in [0.1, 0.15) is 13.3 Å². The first-order chi connectivity index (χ1) is 11.7. The number of ether oxygens (including phenoxy) is 1. The van der Waals surface area contributed by atoms with Crippen LogP contribution in [-0.4, -0.2) is 37.7 Å². The second kappa shape index (κ2) is 7.64. The van der Waals surface area contributed by atoms with Gasteiger partial charge in [0.2, 0.25) is 11.7 Å². The molecule has 1 N–H and O–H groups in total. The van der Waals surface area contributed by atoms with E-state index >= 15 is 0 Å². The molecule has 0 aliphatic rings. The van der Waals surface area contributed by atoms with Crippen LogP contribution in [0.4, 0.5) is 5.13 Å². The number of carbonyl (C=O) groups excluding carboxylic acids is 1. The summed E-state index contributed by atoms with van der Waals surface area (Å²) < 4.78 is 5.53. The highest BCUT2D eigenvalue weighted by atomic mass is 32.1. The van der Waals surface area contributed by atoms with Crippen LogP contribution in [0.15, 0.2) is 35.8 Å². The predicted octanol–water partition coefficient (Wildman–Crippen LogP) is 2.22. The summed E-state index contributed by atoms with van der Waals surface area (Å²) in [4.78, 5) is 17.1. The zero-order valence-electron chi connectivity index (χ0n) is 13.0. The number of tetrazole rings is 1. The number of aromatic nitrogens is 5. The second-order valence-electron chi connectivity index (χ2n) is 4.90. The molecule has 0 unspecified atom stereocenters. The van der Waals surface area contributed by atoms with Crippen LogP contribution in [-0.2, 0) is 11.3 Å². The lowest BCUT2D eigenvalue weighted by Gasteiger charge is -2.04. The minimum atomic E-state index is -0.253. The lowest BCUT2D eigenvalue weighted by molar-refractivity contribution is -0.117. The number of rotatable bonds is 7. The average Bonchev–Trinajstić information content (AvgIpc) is 3.25. The molecule has 9 heteroatoms. The van der Waals surface area contributed by atoms with Gasteiger partial charge in [0.15, 0.2) is 5.13 Å². The molecule has 24 heavy (non-hydrogen) atoms. The summed E-state index contributed by atoms with van der Waals surface area (Å²) in [7, 11) is 0. The van der Waals surface area contributed by atoms with Gasteiger partial charge in [-0.15, -0.1) is 21.5 Å². The Morgan fingerprint density at radius 1 is 1.33 bits per heavy atom.